The number of hydrogen-bond acceptors (Lipinski definition) is 3. The quantitative estimate of drug-likeness (QED) is 0.900. The van der Waals surface area contributed by atoms with Gasteiger partial charge in [0.25, 0.3) is 0 Å². The van der Waals surface area contributed by atoms with Crippen molar-refractivity contribution in [3.8, 4) is 0 Å². The van der Waals surface area contributed by atoms with E-state index in [4.69, 9.17) is 4.42 Å². The van der Waals surface area contributed by atoms with Gasteiger partial charge in [-0.3, -0.25) is 9.89 Å². The Morgan fingerprint density at radius 1 is 1.53 bits per heavy atom. The molecule has 3 heterocycles. The molecule has 1 unspecified atom stereocenters. The largest absolute Gasteiger partial charge is 0.466 e. The molecule has 0 aliphatic carbocycles. The number of carbonyl (C=O) groups is 1. The molecule has 1 amide bonds. The maximum absolute atomic E-state index is 12.6. The van der Waals surface area contributed by atoms with Crippen molar-refractivity contribution >= 4 is 11.6 Å². The zero-order chi connectivity index (χ0) is 13.4. The van der Waals surface area contributed by atoms with Gasteiger partial charge in [-0.1, -0.05) is 0 Å². The summed E-state index contributed by atoms with van der Waals surface area (Å²) in [5.74, 6) is 1.35. The molecule has 0 saturated heterocycles. The fraction of sp³-hybridized carbons (Fsp3) is 0.429. The van der Waals surface area contributed by atoms with Crippen LogP contribution in [0.4, 0.5) is 5.69 Å². The van der Waals surface area contributed by atoms with Crippen LogP contribution in [-0.4, -0.2) is 22.6 Å². The van der Waals surface area contributed by atoms with E-state index in [9.17, 15) is 4.79 Å². The number of carbonyl (C=O) groups excluding carboxylic acids is 1. The van der Waals surface area contributed by atoms with Gasteiger partial charge in [0.15, 0.2) is 0 Å². The number of aryl methyl sites for hydroxylation is 2. The average Bonchev–Trinajstić information content (AvgIpc) is 3.04. The maximum atomic E-state index is 12.6. The second-order valence-electron chi connectivity index (χ2n) is 5.00. The summed E-state index contributed by atoms with van der Waals surface area (Å²) >= 11 is 0. The molecule has 5 heteroatoms. The van der Waals surface area contributed by atoms with Gasteiger partial charge in [0, 0.05) is 6.54 Å². The smallest absolute Gasteiger partial charge is 0.237 e. The third-order valence-corrected chi connectivity index (χ3v) is 3.62. The van der Waals surface area contributed by atoms with Gasteiger partial charge in [0.1, 0.15) is 11.5 Å². The van der Waals surface area contributed by atoms with Gasteiger partial charge in [-0.2, -0.15) is 5.10 Å². The molecule has 2 aromatic rings. The highest BCUT2D eigenvalue weighted by Gasteiger charge is 2.29. The lowest BCUT2D eigenvalue weighted by Crippen LogP contribution is -2.37. The SMILES string of the molecule is Cc1ccc(C(C)C(=O)N2CCCc3[nH]ncc32)o1. The number of rotatable bonds is 2. The molecule has 0 radical (unpaired) electrons. The summed E-state index contributed by atoms with van der Waals surface area (Å²) in [7, 11) is 0. The third-order valence-electron chi connectivity index (χ3n) is 3.62. The van der Waals surface area contributed by atoms with Crippen LogP contribution in [0.5, 0.6) is 0 Å². The van der Waals surface area contributed by atoms with E-state index in [-0.39, 0.29) is 11.8 Å². The molecule has 100 valence electrons. The molecule has 0 spiro atoms. The van der Waals surface area contributed by atoms with Gasteiger partial charge >= 0.3 is 0 Å². The van der Waals surface area contributed by atoms with E-state index in [2.05, 4.69) is 10.2 Å². The van der Waals surface area contributed by atoms with Crippen LogP contribution in [-0.2, 0) is 11.2 Å². The highest BCUT2D eigenvalue weighted by atomic mass is 16.3. The number of furan rings is 1. The maximum Gasteiger partial charge on any atom is 0.237 e. The van der Waals surface area contributed by atoms with Crippen LogP contribution in [0.2, 0.25) is 0 Å². The summed E-state index contributed by atoms with van der Waals surface area (Å²) in [6, 6.07) is 3.76. The second kappa shape index (κ2) is 4.57. The molecule has 1 aliphatic heterocycles. The molecule has 1 N–H and O–H groups in total. The van der Waals surface area contributed by atoms with Crippen LogP contribution in [0.25, 0.3) is 0 Å². The summed E-state index contributed by atoms with van der Waals surface area (Å²) in [6.45, 7) is 4.51. The predicted octanol–water partition coefficient (Wildman–Crippen LogP) is 2.39. The van der Waals surface area contributed by atoms with Crippen molar-refractivity contribution in [1.29, 1.82) is 0 Å². The molecule has 5 nitrogen and oxygen atoms in total. The van der Waals surface area contributed by atoms with Crippen molar-refractivity contribution in [3.63, 3.8) is 0 Å². The van der Waals surface area contributed by atoms with E-state index >= 15 is 0 Å². The summed E-state index contributed by atoms with van der Waals surface area (Å²) in [6.07, 6.45) is 3.64. The molecule has 0 fully saturated rings. The Hall–Kier alpha value is -2.04. The zero-order valence-corrected chi connectivity index (χ0v) is 11.1. The summed E-state index contributed by atoms with van der Waals surface area (Å²) < 4.78 is 5.56. The number of amides is 1. The molecule has 0 saturated carbocycles. The van der Waals surface area contributed by atoms with Gasteiger partial charge in [-0.15, -0.1) is 0 Å². The van der Waals surface area contributed by atoms with Crippen molar-refractivity contribution in [3.05, 3.63) is 35.5 Å². The number of nitrogens with one attached hydrogen (secondary N) is 1. The normalized spacial score (nSPS) is 16.2. The predicted molar refractivity (Wildman–Crippen MR) is 71.1 cm³/mol. The highest BCUT2D eigenvalue weighted by Crippen LogP contribution is 2.29. The molecule has 19 heavy (non-hydrogen) atoms. The van der Waals surface area contributed by atoms with Crippen LogP contribution >= 0.6 is 0 Å². The van der Waals surface area contributed by atoms with Crippen molar-refractivity contribution in [2.75, 3.05) is 11.4 Å². The minimum Gasteiger partial charge on any atom is -0.466 e. The molecule has 3 rings (SSSR count). The summed E-state index contributed by atoms with van der Waals surface area (Å²) in [4.78, 5) is 14.4. The minimum atomic E-state index is -0.269. The topological polar surface area (TPSA) is 62.1 Å². The van der Waals surface area contributed by atoms with Gasteiger partial charge in [0.05, 0.1) is 23.5 Å². The number of H-pyrrole nitrogens is 1. The lowest BCUT2D eigenvalue weighted by atomic mass is 10.0. The van der Waals surface area contributed by atoms with E-state index in [1.165, 1.54) is 0 Å². The molecule has 1 atom stereocenters. The van der Waals surface area contributed by atoms with E-state index in [0.717, 1.165) is 42.3 Å². The van der Waals surface area contributed by atoms with Crippen LogP contribution in [0, 0.1) is 6.92 Å². The number of aromatic amines is 1. The first-order valence-electron chi connectivity index (χ1n) is 6.57. The Bertz CT molecular complexity index is 599. The first-order valence-corrected chi connectivity index (χ1v) is 6.57. The number of nitrogens with zero attached hydrogens (tertiary/aromatic N) is 2. The standard InChI is InChI=1S/C14H17N3O2/c1-9-5-6-13(19-9)10(2)14(18)17-7-3-4-11-12(17)8-15-16-11/h5-6,8,10H,3-4,7H2,1-2H3,(H,15,16). The molecule has 0 aromatic carbocycles. The monoisotopic (exact) mass is 259 g/mol. The molecular formula is C14H17N3O2. The van der Waals surface area contributed by atoms with Crippen LogP contribution < -0.4 is 4.90 Å². The van der Waals surface area contributed by atoms with Crippen molar-refractivity contribution in [2.45, 2.75) is 32.6 Å². The van der Waals surface area contributed by atoms with Crippen molar-refractivity contribution in [1.82, 2.24) is 10.2 Å². The Morgan fingerprint density at radius 2 is 2.37 bits per heavy atom. The Kier molecular flexibility index (Phi) is 2.89. The van der Waals surface area contributed by atoms with Crippen molar-refractivity contribution < 1.29 is 9.21 Å². The fourth-order valence-corrected chi connectivity index (χ4v) is 2.53. The third kappa shape index (κ3) is 2.05. The Labute approximate surface area is 111 Å². The van der Waals surface area contributed by atoms with E-state index in [1.54, 1.807) is 6.20 Å². The van der Waals surface area contributed by atoms with E-state index < -0.39 is 0 Å². The van der Waals surface area contributed by atoms with Gasteiger partial charge in [-0.25, -0.2) is 0 Å². The van der Waals surface area contributed by atoms with E-state index in [0.29, 0.717) is 0 Å². The lowest BCUT2D eigenvalue weighted by Gasteiger charge is -2.28. The average molecular weight is 259 g/mol. The van der Waals surface area contributed by atoms with Crippen LogP contribution in [0.15, 0.2) is 22.7 Å². The number of anilines is 1. The number of hydrogen-bond donors (Lipinski definition) is 1. The van der Waals surface area contributed by atoms with Crippen LogP contribution in [0.1, 0.15) is 36.5 Å². The van der Waals surface area contributed by atoms with E-state index in [1.807, 2.05) is 30.9 Å². The zero-order valence-electron chi connectivity index (χ0n) is 11.1. The summed E-state index contributed by atoms with van der Waals surface area (Å²) in [5.41, 5.74) is 1.95. The van der Waals surface area contributed by atoms with Crippen LogP contribution in [0.3, 0.4) is 0 Å². The second-order valence-corrected chi connectivity index (χ2v) is 5.00. The Balaban J connectivity index is 1.86. The molecule has 0 bridgehead atoms. The minimum absolute atomic E-state index is 0.0664. The highest BCUT2D eigenvalue weighted by molar-refractivity contribution is 5.98. The van der Waals surface area contributed by atoms with Gasteiger partial charge < -0.3 is 9.32 Å². The lowest BCUT2D eigenvalue weighted by molar-refractivity contribution is -0.120. The fourth-order valence-electron chi connectivity index (χ4n) is 2.53. The molecular weight excluding hydrogens is 242 g/mol. The van der Waals surface area contributed by atoms with Gasteiger partial charge in [-0.05, 0) is 38.8 Å². The number of fused-ring (bicyclic) bond motifs is 1. The summed E-state index contributed by atoms with van der Waals surface area (Å²) in [5, 5.41) is 6.99. The van der Waals surface area contributed by atoms with Crippen molar-refractivity contribution in [2.24, 2.45) is 0 Å². The number of aromatic nitrogens is 2. The molecule has 2 aromatic heterocycles. The first kappa shape index (κ1) is 12.0. The molecule has 1 aliphatic rings. The van der Waals surface area contributed by atoms with Gasteiger partial charge in [0.2, 0.25) is 5.91 Å². The first-order chi connectivity index (χ1) is 9.16. The Morgan fingerprint density at radius 3 is 3.11 bits per heavy atom.